The third-order valence-corrected chi connectivity index (χ3v) is 9.09. The number of hydrogen-bond acceptors (Lipinski definition) is 3. The number of nitrogens with zero attached hydrogens (tertiary/aromatic N) is 1. The van der Waals surface area contributed by atoms with Crippen molar-refractivity contribution in [1.29, 1.82) is 0 Å². The zero-order valence-corrected chi connectivity index (χ0v) is 20.7. The van der Waals surface area contributed by atoms with E-state index in [0.717, 1.165) is 38.7 Å². The Bertz CT molecular complexity index is 1520. The minimum absolute atomic E-state index is 0.181. The molecular weight excluding hydrogens is 458 g/mol. The lowest BCUT2D eigenvalue weighted by atomic mass is 9.88. The van der Waals surface area contributed by atoms with Crippen molar-refractivity contribution in [3.8, 4) is 11.1 Å². The van der Waals surface area contributed by atoms with Crippen LogP contribution in [-0.4, -0.2) is 36.7 Å². The van der Waals surface area contributed by atoms with Crippen LogP contribution in [0.15, 0.2) is 71.8 Å². The number of H-pyrrole nitrogens is 1. The fraction of sp³-hybridized carbons (Fsp3) is 0.250. The lowest BCUT2D eigenvalue weighted by Gasteiger charge is -2.31. The Hall–Kier alpha value is -3.42. The Morgan fingerprint density at radius 1 is 0.971 bits per heavy atom. The van der Waals surface area contributed by atoms with Crippen molar-refractivity contribution in [3.05, 3.63) is 89.1 Å². The van der Waals surface area contributed by atoms with E-state index in [0.29, 0.717) is 36.4 Å². The molecule has 4 aromatic rings. The second-order valence-corrected chi connectivity index (χ2v) is 11.3. The van der Waals surface area contributed by atoms with Gasteiger partial charge in [0.05, 0.1) is 16.0 Å². The highest BCUT2D eigenvalue weighted by Crippen LogP contribution is 2.38. The van der Waals surface area contributed by atoms with Gasteiger partial charge in [-0.2, -0.15) is 4.31 Å². The van der Waals surface area contributed by atoms with Gasteiger partial charge in [-0.3, -0.25) is 4.79 Å². The molecular formula is C28H29N3O3S. The molecule has 0 unspecified atom stereocenters. The Balaban J connectivity index is 1.46. The molecule has 1 fully saturated rings. The van der Waals surface area contributed by atoms with Gasteiger partial charge in [-0.1, -0.05) is 42.5 Å². The van der Waals surface area contributed by atoms with Crippen molar-refractivity contribution in [2.45, 2.75) is 37.5 Å². The van der Waals surface area contributed by atoms with Crippen LogP contribution in [0.5, 0.6) is 0 Å². The fourth-order valence-electron chi connectivity index (χ4n) is 5.11. The molecule has 0 saturated carbocycles. The lowest BCUT2D eigenvalue weighted by molar-refractivity contribution is 0.100. The number of aromatic nitrogens is 1. The Morgan fingerprint density at radius 3 is 2.37 bits per heavy atom. The number of nitrogens with two attached hydrogens (primary N) is 1. The monoisotopic (exact) mass is 487 g/mol. The molecule has 7 heteroatoms. The molecule has 5 rings (SSSR count). The second-order valence-electron chi connectivity index (χ2n) is 9.37. The van der Waals surface area contributed by atoms with Crippen molar-refractivity contribution in [3.63, 3.8) is 0 Å². The molecule has 180 valence electrons. The molecule has 6 nitrogen and oxygen atoms in total. The van der Waals surface area contributed by atoms with Gasteiger partial charge in [0.25, 0.3) is 5.91 Å². The quantitative estimate of drug-likeness (QED) is 0.409. The van der Waals surface area contributed by atoms with Gasteiger partial charge in [-0.25, -0.2) is 8.42 Å². The topological polar surface area (TPSA) is 96.3 Å². The first-order valence-electron chi connectivity index (χ1n) is 11.8. The molecule has 1 aromatic heterocycles. The van der Waals surface area contributed by atoms with Gasteiger partial charge in [0, 0.05) is 24.7 Å². The maximum atomic E-state index is 13.4. The summed E-state index contributed by atoms with van der Waals surface area (Å²) in [6.07, 6.45) is 3.36. The fourth-order valence-corrected chi connectivity index (χ4v) is 6.89. The van der Waals surface area contributed by atoms with Crippen LogP contribution in [0.4, 0.5) is 0 Å². The summed E-state index contributed by atoms with van der Waals surface area (Å²) in [5.74, 6) is -0.295. The zero-order valence-electron chi connectivity index (χ0n) is 19.9. The van der Waals surface area contributed by atoms with E-state index in [-0.39, 0.29) is 5.92 Å². The lowest BCUT2D eigenvalue weighted by Crippen LogP contribution is -2.38. The highest BCUT2D eigenvalue weighted by atomic mass is 32.2. The van der Waals surface area contributed by atoms with Crippen molar-refractivity contribution < 1.29 is 13.2 Å². The number of rotatable bonds is 5. The van der Waals surface area contributed by atoms with Crippen LogP contribution in [0.2, 0.25) is 0 Å². The van der Waals surface area contributed by atoms with Crippen LogP contribution < -0.4 is 5.73 Å². The molecule has 1 aliphatic heterocycles. The number of piperidine rings is 1. The van der Waals surface area contributed by atoms with Gasteiger partial charge >= 0.3 is 0 Å². The van der Waals surface area contributed by atoms with Crippen LogP contribution in [-0.2, 0) is 10.0 Å². The average Bonchev–Trinajstić information content (AvgIpc) is 3.29. The molecule has 1 saturated heterocycles. The van der Waals surface area contributed by atoms with E-state index in [4.69, 9.17) is 5.73 Å². The molecule has 1 aliphatic rings. The summed E-state index contributed by atoms with van der Waals surface area (Å²) in [4.78, 5) is 15.9. The number of benzene rings is 3. The summed E-state index contributed by atoms with van der Waals surface area (Å²) in [5.41, 5.74) is 11.7. The van der Waals surface area contributed by atoms with Crippen LogP contribution in [0.1, 0.15) is 45.8 Å². The number of carbonyl (C=O) groups excluding carboxylic acids is 1. The number of primary amides is 1. The van der Waals surface area contributed by atoms with Crippen molar-refractivity contribution in [2.24, 2.45) is 5.73 Å². The third kappa shape index (κ3) is 4.26. The number of hydrogen-bond donors (Lipinski definition) is 2. The highest BCUT2D eigenvalue weighted by molar-refractivity contribution is 7.89. The van der Waals surface area contributed by atoms with E-state index in [1.807, 2.05) is 68.6 Å². The second kappa shape index (κ2) is 8.98. The van der Waals surface area contributed by atoms with Crippen LogP contribution in [0.25, 0.3) is 22.0 Å². The zero-order chi connectivity index (χ0) is 24.7. The summed E-state index contributed by atoms with van der Waals surface area (Å²) < 4.78 is 28.3. The van der Waals surface area contributed by atoms with Crippen LogP contribution in [0.3, 0.4) is 0 Å². The molecule has 0 radical (unpaired) electrons. The Kier molecular flexibility index (Phi) is 5.99. The molecule has 3 aromatic carbocycles. The predicted molar refractivity (Wildman–Crippen MR) is 139 cm³/mol. The maximum Gasteiger partial charge on any atom is 0.250 e. The van der Waals surface area contributed by atoms with Crippen molar-refractivity contribution >= 4 is 26.8 Å². The number of carbonyl (C=O) groups is 1. The van der Waals surface area contributed by atoms with Gasteiger partial charge in [0.15, 0.2) is 0 Å². The number of aromatic amines is 1. The van der Waals surface area contributed by atoms with E-state index >= 15 is 0 Å². The largest absolute Gasteiger partial charge is 0.366 e. The molecule has 0 spiro atoms. The van der Waals surface area contributed by atoms with Crippen LogP contribution >= 0.6 is 0 Å². The highest BCUT2D eigenvalue weighted by Gasteiger charge is 2.32. The van der Waals surface area contributed by atoms with Gasteiger partial charge in [-0.05, 0) is 78.6 Å². The molecule has 3 N–H and O–H groups in total. The standard InChI is InChI=1S/C28H29N3O3S/c1-18-8-9-19(2)26(14-18)35(33,34)31-12-10-21(11-13-31)25-17-30-27-23(25)15-22(16-24(27)28(29)32)20-6-4-3-5-7-20/h3-9,14-17,21,30H,10-13H2,1-2H3,(H2,29,32). The van der Waals surface area contributed by atoms with E-state index in [1.54, 1.807) is 10.4 Å². The number of nitrogens with one attached hydrogen (secondary N) is 1. The van der Waals surface area contributed by atoms with Gasteiger partial charge in [0.2, 0.25) is 10.0 Å². The number of amides is 1. The SMILES string of the molecule is Cc1ccc(C)c(S(=O)(=O)N2CCC(c3c[nH]c4c(C(N)=O)cc(-c5ccccc5)cc34)CC2)c1. The van der Waals surface area contributed by atoms with Gasteiger partial charge < -0.3 is 10.7 Å². The molecule has 1 amide bonds. The van der Waals surface area contributed by atoms with Crippen LogP contribution in [0, 0.1) is 13.8 Å². The minimum Gasteiger partial charge on any atom is -0.366 e. The average molecular weight is 488 g/mol. The summed E-state index contributed by atoms with van der Waals surface area (Å²) in [6.45, 7) is 4.65. The van der Waals surface area contributed by atoms with E-state index < -0.39 is 15.9 Å². The first-order chi connectivity index (χ1) is 16.8. The summed E-state index contributed by atoms with van der Waals surface area (Å²) >= 11 is 0. The van der Waals surface area contributed by atoms with Crippen molar-refractivity contribution in [2.75, 3.05) is 13.1 Å². The summed E-state index contributed by atoms with van der Waals surface area (Å²) in [6, 6.07) is 19.4. The molecule has 2 heterocycles. The number of sulfonamides is 1. The maximum absolute atomic E-state index is 13.4. The smallest absolute Gasteiger partial charge is 0.250 e. The van der Waals surface area contributed by atoms with E-state index in [2.05, 4.69) is 11.1 Å². The van der Waals surface area contributed by atoms with E-state index in [1.165, 1.54) is 0 Å². The molecule has 0 bridgehead atoms. The molecule has 0 aliphatic carbocycles. The molecule has 0 atom stereocenters. The van der Waals surface area contributed by atoms with Gasteiger partial charge in [0.1, 0.15) is 0 Å². The summed E-state index contributed by atoms with van der Waals surface area (Å²) in [5, 5.41) is 0.969. The Morgan fingerprint density at radius 2 is 1.69 bits per heavy atom. The van der Waals surface area contributed by atoms with Crippen molar-refractivity contribution in [1.82, 2.24) is 9.29 Å². The van der Waals surface area contributed by atoms with E-state index in [9.17, 15) is 13.2 Å². The number of fused-ring (bicyclic) bond motifs is 1. The molecule has 35 heavy (non-hydrogen) atoms. The minimum atomic E-state index is -3.55. The first-order valence-corrected chi connectivity index (χ1v) is 13.3. The van der Waals surface area contributed by atoms with Gasteiger partial charge in [-0.15, -0.1) is 0 Å². The summed E-state index contributed by atoms with van der Waals surface area (Å²) in [7, 11) is -3.55. The Labute approximate surface area is 205 Å². The number of aryl methyl sites for hydroxylation is 2. The normalized spacial score (nSPS) is 15.5. The first kappa shape index (κ1) is 23.3. The third-order valence-electron chi connectivity index (χ3n) is 7.05. The predicted octanol–water partition coefficient (Wildman–Crippen LogP) is 5.12.